The molecular formula is C26H30O6. The van der Waals surface area contributed by atoms with E-state index in [0.29, 0.717) is 12.2 Å². The van der Waals surface area contributed by atoms with Crippen molar-refractivity contribution in [3.05, 3.63) is 66.2 Å². The van der Waals surface area contributed by atoms with Crippen LogP contribution in [0.25, 0.3) is 21.9 Å². The second kappa shape index (κ2) is 9.98. The summed E-state index contributed by atoms with van der Waals surface area (Å²) in [4.78, 5) is 0. The molecule has 32 heavy (non-hydrogen) atoms. The first-order valence-corrected chi connectivity index (χ1v) is 10.7. The summed E-state index contributed by atoms with van der Waals surface area (Å²) in [6.07, 6.45) is -2.25. The van der Waals surface area contributed by atoms with E-state index in [0.717, 1.165) is 21.9 Å². The molecular weight excluding hydrogens is 408 g/mol. The number of ether oxygens (including phenoxy) is 5. The van der Waals surface area contributed by atoms with Crippen LogP contribution in [0.5, 0.6) is 5.75 Å². The summed E-state index contributed by atoms with van der Waals surface area (Å²) in [5.74, 6) is 0.175. The van der Waals surface area contributed by atoms with Gasteiger partial charge in [-0.15, -0.1) is 0 Å². The van der Waals surface area contributed by atoms with E-state index in [2.05, 4.69) is 12.1 Å². The number of fused-ring (bicyclic) bond motifs is 1. The molecule has 6 heteroatoms. The van der Waals surface area contributed by atoms with Gasteiger partial charge in [-0.1, -0.05) is 54.6 Å². The van der Waals surface area contributed by atoms with E-state index in [1.807, 2.05) is 48.5 Å². The molecule has 1 N–H and O–H groups in total. The number of phenols is 1. The van der Waals surface area contributed by atoms with Crippen molar-refractivity contribution in [3.63, 3.8) is 0 Å². The molecule has 0 radical (unpaired) electrons. The van der Waals surface area contributed by atoms with Crippen LogP contribution in [0.3, 0.4) is 0 Å². The maximum absolute atomic E-state index is 11.3. The number of rotatable bonds is 7. The second-order valence-corrected chi connectivity index (χ2v) is 7.93. The lowest BCUT2D eigenvalue weighted by molar-refractivity contribution is -0.252. The standard InChI is InChI=1S/C26H30O6/c1-28-15-21-24(29-2)26(31-4)25(30-3)23(32-21)20-14-19(16-10-6-5-7-11-16)17-12-8-9-13-18(17)22(20)27/h5-14,21,23-27H,15H2,1-4H3/t21-,23+,24-,25+,26+/m1/s1. The average molecular weight is 439 g/mol. The second-order valence-electron chi connectivity index (χ2n) is 7.93. The van der Waals surface area contributed by atoms with E-state index in [9.17, 15) is 5.11 Å². The van der Waals surface area contributed by atoms with Crippen LogP contribution in [0, 0.1) is 0 Å². The first kappa shape index (κ1) is 22.7. The molecule has 0 aliphatic carbocycles. The van der Waals surface area contributed by atoms with Gasteiger partial charge in [0.25, 0.3) is 0 Å². The van der Waals surface area contributed by atoms with Crippen LogP contribution < -0.4 is 0 Å². The minimum Gasteiger partial charge on any atom is -0.507 e. The number of methoxy groups -OCH3 is 4. The molecule has 4 rings (SSSR count). The number of aromatic hydroxyl groups is 1. The lowest BCUT2D eigenvalue weighted by atomic mass is 9.87. The van der Waals surface area contributed by atoms with Crippen molar-refractivity contribution in [1.29, 1.82) is 0 Å². The maximum Gasteiger partial charge on any atom is 0.129 e. The van der Waals surface area contributed by atoms with Crippen LogP contribution in [-0.4, -0.2) is 64.6 Å². The molecule has 0 unspecified atom stereocenters. The van der Waals surface area contributed by atoms with Crippen molar-refractivity contribution >= 4 is 10.8 Å². The van der Waals surface area contributed by atoms with Gasteiger partial charge in [-0.2, -0.15) is 0 Å². The molecule has 3 aromatic carbocycles. The van der Waals surface area contributed by atoms with E-state index in [1.165, 1.54) is 0 Å². The summed E-state index contributed by atoms with van der Waals surface area (Å²) in [6, 6.07) is 19.9. The van der Waals surface area contributed by atoms with E-state index in [1.54, 1.807) is 28.4 Å². The first-order valence-electron chi connectivity index (χ1n) is 10.7. The van der Waals surface area contributed by atoms with Crippen LogP contribution in [0.15, 0.2) is 60.7 Å². The molecule has 1 aliphatic heterocycles. The lowest BCUT2D eigenvalue weighted by Crippen LogP contribution is -2.57. The molecule has 0 saturated carbocycles. The zero-order valence-electron chi connectivity index (χ0n) is 18.9. The van der Waals surface area contributed by atoms with Crippen molar-refractivity contribution in [2.24, 2.45) is 0 Å². The Morgan fingerprint density at radius 3 is 2.03 bits per heavy atom. The summed E-state index contributed by atoms with van der Waals surface area (Å²) in [7, 11) is 6.49. The Morgan fingerprint density at radius 1 is 0.781 bits per heavy atom. The third-order valence-electron chi connectivity index (χ3n) is 6.22. The third kappa shape index (κ3) is 4.00. The van der Waals surface area contributed by atoms with E-state index in [-0.39, 0.29) is 11.9 Å². The minimum atomic E-state index is -0.580. The highest BCUT2D eigenvalue weighted by atomic mass is 16.6. The molecule has 1 heterocycles. The molecule has 5 atom stereocenters. The van der Waals surface area contributed by atoms with Gasteiger partial charge in [0.05, 0.1) is 6.61 Å². The van der Waals surface area contributed by atoms with E-state index >= 15 is 0 Å². The number of hydrogen-bond acceptors (Lipinski definition) is 6. The molecule has 1 fully saturated rings. The predicted octanol–water partition coefficient (Wildman–Crippen LogP) is 4.34. The minimum absolute atomic E-state index is 0.175. The molecule has 0 aromatic heterocycles. The van der Waals surface area contributed by atoms with Gasteiger partial charge in [0.1, 0.15) is 36.3 Å². The van der Waals surface area contributed by atoms with Gasteiger partial charge in [-0.05, 0) is 22.6 Å². The normalized spacial score (nSPS) is 25.8. The van der Waals surface area contributed by atoms with Gasteiger partial charge in [0, 0.05) is 39.4 Å². The predicted molar refractivity (Wildman–Crippen MR) is 123 cm³/mol. The van der Waals surface area contributed by atoms with Crippen LogP contribution in [-0.2, 0) is 23.7 Å². The zero-order valence-corrected chi connectivity index (χ0v) is 18.9. The fourth-order valence-corrected chi connectivity index (χ4v) is 4.73. The fraction of sp³-hybridized carbons (Fsp3) is 0.385. The number of phenolic OH excluding ortho intramolecular Hbond substituents is 1. The summed E-state index contributed by atoms with van der Waals surface area (Å²) in [5.41, 5.74) is 2.71. The molecule has 0 bridgehead atoms. The topological polar surface area (TPSA) is 66.4 Å². The molecule has 0 spiro atoms. The van der Waals surface area contributed by atoms with Crippen LogP contribution in [0.2, 0.25) is 0 Å². The van der Waals surface area contributed by atoms with E-state index < -0.39 is 24.4 Å². The smallest absolute Gasteiger partial charge is 0.129 e. The van der Waals surface area contributed by atoms with Crippen molar-refractivity contribution in [2.45, 2.75) is 30.5 Å². The van der Waals surface area contributed by atoms with Gasteiger partial charge in [0.15, 0.2) is 0 Å². The van der Waals surface area contributed by atoms with Crippen LogP contribution >= 0.6 is 0 Å². The Morgan fingerprint density at radius 2 is 1.41 bits per heavy atom. The monoisotopic (exact) mass is 438 g/mol. The van der Waals surface area contributed by atoms with Gasteiger partial charge in [-0.3, -0.25) is 0 Å². The van der Waals surface area contributed by atoms with Crippen LogP contribution in [0.1, 0.15) is 11.7 Å². The van der Waals surface area contributed by atoms with Crippen molar-refractivity contribution in [2.75, 3.05) is 35.0 Å². The Hall–Kier alpha value is -2.48. The summed E-state index contributed by atoms with van der Waals surface area (Å²) >= 11 is 0. The van der Waals surface area contributed by atoms with Crippen molar-refractivity contribution < 1.29 is 28.8 Å². The Bertz CT molecular complexity index is 1040. The van der Waals surface area contributed by atoms with Gasteiger partial charge >= 0.3 is 0 Å². The SMILES string of the molecule is COC[C@H]1O[C@@H](c2cc(-c3ccccc3)c3ccccc3c2O)[C@H](OC)[C@@H](OC)[C@@H]1OC. The quantitative estimate of drug-likeness (QED) is 0.592. The van der Waals surface area contributed by atoms with Crippen molar-refractivity contribution in [3.8, 4) is 16.9 Å². The lowest BCUT2D eigenvalue weighted by Gasteiger charge is -2.45. The Labute approximate surface area is 188 Å². The maximum atomic E-state index is 11.3. The zero-order chi connectivity index (χ0) is 22.7. The van der Waals surface area contributed by atoms with Gasteiger partial charge in [0.2, 0.25) is 0 Å². The summed E-state index contributed by atoms with van der Waals surface area (Å²) in [5, 5.41) is 13.1. The molecule has 170 valence electrons. The number of hydrogen-bond donors (Lipinski definition) is 1. The largest absolute Gasteiger partial charge is 0.507 e. The molecule has 6 nitrogen and oxygen atoms in total. The highest BCUT2D eigenvalue weighted by molar-refractivity contribution is 6.01. The van der Waals surface area contributed by atoms with Gasteiger partial charge in [-0.25, -0.2) is 0 Å². The molecule has 1 aliphatic rings. The van der Waals surface area contributed by atoms with Gasteiger partial charge < -0.3 is 28.8 Å². The van der Waals surface area contributed by atoms with Crippen LogP contribution in [0.4, 0.5) is 0 Å². The Balaban J connectivity index is 1.90. The van der Waals surface area contributed by atoms with Crippen molar-refractivity contribution in [1.82, 2.24) is 0 Å². The average Bonchev–Trinajstić information content (AvgIpc) is 2.84. The molecule has 0 amide bonds. The Kier molecular flexibility index (Phi) is 7.08. The third-order valence-corrected chi connectivity index (χ3v) is 6.22. The summed E-state index contributed by atoms with van der Waals surface area (Å²) < 4.78 is 29.2. The van der Waals surface area contributed by atoms with E-state index in [4.69, 9.17) is 23.7 Å². The highest BCUT2D eigenvalue weighted by Gasteiger charge is 2.48. The molecule has 1 saturated heterocycles. The molecule has 3 aromatic rings. The summed E-state index contributed by atoms with van der Waals surface area (Å²) in [6.45, 7) is 0.325. The number of benzene rings is 3. The highest BCUT2D eigenvalue weighted by Crippen LogP contribution is 2.45. The first-order chi connectivity index (χ1) is 15.6. The fourth-order valence-electron chi connectivity index (χ4n) is 4.73.